The molecule has 0 aliphatic carbocycles. The standard InChI is InChI=1S/C21H23ClN2S.C9H7NO/c1-4-24-19-10-5-6-11-20(19)25-21(24,22)16-8-7-9-17-12-14-18(15-13-17)23(2)3;11-9-6-5-7-3-1-2-4-8(7)10-9/h5-16H,4H2,1-3H3;1-6H,(H,10,11). The lowest BCUT2D eigenvalue weighted by Crippen LogP contribution is -2.36. The third-order valence-electron chi connectivity index (χ3n) is 5.84. The summed E-state index contributed by atoms with van der Waals surface area (Å²) in [6.45, 7) is 3.00. The first-order valence-corrected chi connectivity index (χ1v) is 13.0. The first-order valence-electron chi connectivity index (χ1n) is 11.9. The van der Waals surface area contributed by atoms with Crippen molar-refractivity contribution in [3.8, 4) is 0 Å². The number of likely N-dealkylation sites (N-methyl/N-ethyl adjacent to an activating group) is 1. The number of H-pyrrole nitrogens is 1. The molecule has 1 aliphatic heterocycles. The van der Waals surface area contributed by atoms with E-state index in [4.69, 9.17) is 11.6 Å². The number of fused-ring (bicyclic) bond motifs is 2. The Morgan fingerprint density at radius 2 is 1.67 bits per heavy atom. The van der Waals surface area contributed by atoms with Crippen molar-refractivity contribution >= 4 is 51.7 Å². The molecule has 1 unspecified atom stereocenters. The van der Waals surface area contributed by atoms with Crippen molar-refractivity contribution in [2.75, 3.05) is 30.4 Å². The number of thioether (sulfide) groups is 1. The van der Waals surface area contributed by atoms with Crippen molar-refractivity contribution in [2.24, 2.45) is 0 Å². The molecule has 1 atom stereocenters. The number of benzene rings is 3. The molecule has 36 heavy (non-hydrogen) atoms. The van der Waals surface area contributed by atoms with Gasteiger partial charge in [0.1, 0.15) is 0 Å². The first-order chi connectivity index (χ1) is 17.4. The fourth-order valence-corrected chi connectivity index (χ4v) is 5.73. The number of alkyl halides is 1. The van der Waals surface area contributed by atoms with Crippen LogP contribution in [-0.2, 0) is 0 Å². The second-order valence-corrected chi connectivity index (χ2v) is 10.6. The quantitative estimate of drug-likeness (QED) is 0.171. The van der Waals surface area contributed by atoms with Gasteiger partial charge in [-0.3, -0.25) is 4.79 Å². The predicted molar refractivity (Wildman–Crippen MR) is 157 cm³/mol. The van der Waals surface area contributed by atoms with Crippen molar-refractivity contribution in [1.29, 1.82) is 0 Å². The number of hydrogen-bond donors (Lipinski definition) is 1. The Kier molecular flexibility index (Phi) is 8.24. The van der Waals surface area contributed by atoms with Crippen LogP contribution in [-0.4, -0.2) is 30.0 Å². The molecule has 5 rings (SSSR count). The van der Waals surface area contributed by atoms with Crippen molar-refractivity contribution < 1.29 is 0 Å². The molecule has 3 aromatic carbocycles. The van der Waals surface area contributed by atoms with E-state index in [2.05, 4.69) is 82.4 Å². The molecule has 1 aromatic heterocycles. The third kappa shape index (κ3) is 6.04. The van der Waals surface area contributed by atoms with E-state index in [1.165, 1.54) is 27.9 Å². The number of anilines is 2. The Morgan fingerprint density at radius 1 is 0.944 bits per heavy atom. The molecule has 0 bridgehead atoms. The minimum Gasteiger partial charge on any atom is -0.378 e. The summed E-state index contributed by atoms with van der Waals surface area (Å²) in [7, 11) is 4.09. The molecule has 4 nitrogen and oxygen atoms in total. The molecular formula is C30H30ClN3OS. The largest absolute Gasteiger partial charge is 0.378 e. The van der Waals surface area contributed by atoms with Crippen LogP contribution in [0.1, 0.15) is 12.5 Å². The fraction of sp³-hybridized carbons (Fsp3) is 0.167. The van der Waals surface area contributed by atoms with Gasteiger partial charge >= 0.3 is 0 Å². The number of aromatic nitrogens is 1. The Morgan fingerprint density at radius 3 is 2.42 bits per heavy atom. The van der Waals surface area contributed by atoms with Crippen molar-refractivity contribution in [2.45, 2.75) is 16.1 Å². The van der Waals surface area contributed by atoms with Crippen LogP contribution in [0.25, 0.3) is 17.0 Å². The molecule has 4 aromatic rings. The Balaban J connectivity index is 0.000000229. The van der Waals surface area contributed by atoms with Gasteiger partial charge in [-0.05, 0) is 60.3 Å². The van der Waals surface area contributed by atoms with E-state index in [1.54, 1.807) is 11.8 Å². The number of aromatic amines is 1. The number of nitrogens with one attached hydrogen (secondary N) is 1. The summed E-state index contributed by atoms with van der Waals surface area (Å²) in [5.74, 6) is 0. The van der Waals surface area contributed by atoms with Crippen molar-refractivity contribution in [3.63, 3.8) is 0 Å². The number of rotatable bonds is 5. The number of nitrogens with zero attached hydrogens (tertiary/aromatic N) is 2. The van der Waals surface area contributed by atoms with Gasteiger partial charge in [-0.2, -0.15) is 0 Å². The Labute approximate surface area is 221 Å². The van der Waals surface area contributed by atoms with Crippen LogP contribution in [0.5, 0.6) is 0 Å². The fourth-order valence-electron chi connectivity index (χ4n) is 3.97. The van der Waals surface area contributed by atoms with Gasteiger partial charge in [0, 0.05) is 42.8 Å². The van der Waals surface area contributed by atoms with Gasteiger partial charge in [-0.15, -0.1) is 0 Å². The van der Waals surface area contributed by atoms with Gasteiger partial charge < -0.3 is 14.8 Å². The van der Waals surface area contributed by atoms with Crippen LogP contribution < -0.4 is 15.4 Å². The first kappa shape index (κ1) is 25.7. The van der Waals surface area contributed by atoms with E-state index in [0.717, 1.165) is 17.4 Å². The minimum atomic E-state index is -0.558. The molecule has 0 saturated heterocycles. The zero-order valence-corrected chi connectivity index (χ0v) is 22.3. The maximum atomic E-state index is 10.8. The number of para-hydroxylation sites is 2. The average molecular weight is 516 g/mol. The monoisotopic (exact) mass is 515 g/mol. The van der Waals surface area contributed by atoms with Gasteiger partial charge in [-0.1, -0.05) is 84.1 Å². The maximum Gasteiger partial charge on any atom is 0.248 e. The molecule has 0 fully saturated rings. The maximum absolute atomic E-state index is 10.8. The highest BCUT2D eigenvalue weighted by Crippen LogP contribution is 2.53. The van der Waals surface area contributed by atoms with Crippen molar-refractivity contribution in [1.82, 2.24) is 4.98 Å². The second-order valence-electron chi connectivity index (χ2n) is 8.54. The van der Waals surface area contributed by atoms with Gasteiger partial charge in [-0.25, -0.2) is 0 Å². The zero-order chi connectivity index (χ0) is 25.5. The van der Waals surface area contributed by atoms with Crippen molar-refractivity contribution in [3.05, 3.63) is 119 Å². The predicted octanol–water partition coefficient (Wildman–Crippen LogP) is 7.37. The average Bonchev–Trinajstić information content (AvgIpc) is 3.18. The highest BCUT2D eigenvalue weighted by atomic mass is 35.5. The molecule has 1 aliphatic rings. The van der Waals surface area contributed by atoms with Crippen LogP contribution in [0.2, 0.25) is 0 Å². The van der Waals surface area contributed by atoms with Crippen LogP contribution in [0.4, 0.5) is 11.4 Å². The molecule has 184 valence electrons. The van der Waals surface area contributed by atoms with Gasteiger partial charge in [0.25, 0.3) is 0 Å². The van der Waals surface area contributed by atoms with E-state index < -0.39 is 4.33 Å². The normalized spacial score (nSPS) is 16.8. The summed E-state index contributed by atoms with van der Waals surface area (Å²) < 4.78 is -0.558. The number of allylic oxidation sites excluding steroid dienone is 2. The molecule has 2 heterocycles. The smallest absolute Gasteiger partial charge is 0.248 e. The van der Waals surface area contributed by atoms with Crippen LogP contribution in [0, 0.1) is 0 Å². The summed E-state index contributed by atoms with van der Waals surface area (Å²) in [6.07, 6.45) is 8.24. The lowest BCUT2D eigenvalue weighted by atomic mass is 10.2. The molecule has 1 N–H and O–H groups in total. The number of pyridine rings is 1. The van der Waals surface area contributed by atoms with Gasteiger partial charge in [0.05, 0.1) is 5.69 Å². The topological polar surface area (TPSA) is 39.3 Å². The molecule has 0 spiro atoms. The van der Waals surface area contributed by atoms with E-state index in [0.29, 0.717) is 0 Å². The third-order valence-corrected chi connectivity index (χ3v) is 7.61. The summed E-state index contributed by atoms with van der Waals surface area (Å²) in [5.41, 5.74) is 4.42. The second kappa shape index (κ2) is 11.5. The molecule has 6 heteroatoms. The van der Waals surface area contributed by atoms with E-state index in [-0.39, 0.29) is 5.56 Å². The van der Waals surface area contributed by atoms with Crippen LogP contribution >= 0.6 is 23.4 Å². The highest BCUT2D eigenvalue weighted by Gasteiger charge is 2.40. The lowest BCUT2D eigenvalue weighted by Gasteiger charge is -2.30. The summed E-state index contributed by atoms with van der Waals surface area (Å²) in [4.78, 5) is 19.1. The van der Waals surface area contributed by atoms with Gasteiger partial charge in [0.2, 0.25) is 5.56 Å². The highest BCUT2D eigenvalue weighted by molar-refractivity contribution is 8.02. The summed E-state index contributed by atoms with van der Waals surface area (Å²) in [5, 5.41) is 1.06. The molecule has 0 saturated carbocycles. The number of halogens is 1. The minimum absolute atomic E-state index is 0.0521. The SMILES string of the molecule is CCN1c2ccccc2SC1(Cl)C=CC=Cc1ccc(N(C)C)cc1.O=c1ccc2ccccc2[nH]1. The molecular weight excluding hydrogens is 486 g/mol. The van der Waals surface area contributed by atoms with Crippen LogP contribution in [0.15, 0.2) is 113 Å². The molecule has 0 radical (unpaired) electrons. The Bertz CT molecular complexity index is 1430. The lowest BCUT2D eigenvalue weighted by molar-refractivity contribution is 0.832. The Hall–Kier alpha value is -3.41. The van der Waals surface area contributed by atoms with Crippen LogP contribution in [0.3, 0.4) is 0 Å². The van der Waals surface area contributed by atoms with E-state index in [1.807, 2.05) is 56.6 Å². The summed E-state index contributed by atoms with van der Waals surface area (Å²) >= 11 is 8.59. The van der Waals surface area contributed by atoms with E-state index in [9.17, 15) is 4.79 Å². The number of hydrogen-bond acceptors (Lipinski definition) is 4. The van der Waals surface area contributed by atoms with Gasteiger partial charge in [0.15, 0.2) is 4.33 Å². The molecule has 0 amide bonds. The van der Waals surface area contributed by atoms with E-state index >= 15 is 0 Å². The zero-order valence-electron chi connectivity index (χ0n) is 20.7. The summed E-state index contributed by atoms with van der Waals surface area (Å²) in [6, 6.07) is 27.9.